The molecule has 2 aromatic rings. The minimum absolute atomic E-state index is 0.0456. The molecular formula is C17H11I2N3O4S. The molecule has 0 fully saturated rings. The van der Waals surface area contributed by atoms with Gasteiger partial charge in [0, 0.05) is 12.1 Å². The third kappa shape index (κ3) is 4.99. The van der Waals surface area contributed by atoms with E-state index in [-0.39, 0.29) is 16.8 Å². The number of hydrogen-bond acceptors (Lipinski definition) is 6. The zero-order valence-corrected chi connectivity index (χ0v) is 18.6. The van der Waals surface area contributed by atoms with Gasteiger partial charge < -0.3 is 10.5 Å². The molecule has 0 atom stereocenters. The molecule has 0 aromatic heterocycles. The van der Waals surface area contributed by atoms with E-state index >= 15 is 0 Å². The van der Waals surface area contributed by atoms with E-state index in [9.17, 15) is 14.9 Å². The molecule has 1 amide bonds. The highest BCUT2D eigenvalue weighted by Gasteiger charge is 2.20. The number of ether oxygens (including phenoxy) is 1. The van der Waals surface area contributed by atoms with Crippen LogP contribution in [0.5, 0.6) is 5.75 Å². The molecule has 1 aliphatic heterocycles. The fourth-order valence-electron chi connectivity index (χ4n) is 2.25. The summed E-state index contributed by atoms with van der Waals surface area (Å²) < 4.78 is 7.67. The van der Waals surface area contributed by atoms with Gasteiger partial charge in [-0.3, -0.25) is 14.9 Å². The highest BCUT2D eigenvalue weighted by molar-refractivity contribution is 14.1. The second kappa shape index (κ2) is 8.56. The number of nitrogens with zero attached hydrogens (tertiary/aromatic N) is 2. The Hall–Kier alpha value is -1.67. The van der Waals surface area contributed by atoms with Gasteiger partial charge in [-0.1, -0.05) is 0 Å². The van der Waals surface area contributed by atoms with Gasteiger partial charge in [-0.05, 0) is 98.4 Å². The normalized spacial score (nSPS) is 15.1. The molecule has 138 valence electrons. The molecule has 3 rings (SSSR count). The van der Waals surface area contributed by atoms with Crippen molar-refractivity contribution in [3.8, 4) is 5.75 Å². The third-order valence-corrected chi connectivity index (χ3v) is 5.90. The molecule has 0 saturated carbocycles. The van der Waals surface area contributed by atoms with Crippen molar-refractivity contribution in [1.82, 2.24) is 0 Å². The van der Waals surface area contributed by atoms with Gasteiger partial charge >= 0.3 is 0 Å². The summed E-state index contributed by atoms with van der Waals surface area (Å²) in [4.78, 5) is 26.2. The number of nitro groups is 1. The molecule has 10 heteroatoms. The average Bonchev–Trinajstić information content (AvgIpc) is 2.91. The highest BCUT2D eigenvalue weighted by Crippen LogP contribution is 2.32. The number of thioether (sulfide) groups is 1. The molecule has 2 N–H and O–H groups in total. The topological polar surface area (TPSA) is 108 Å². The molecule has 7 nitrogen and oxygen atoms in total. The lowest BCUT2D eigenvalue weighted by molar-refractivity contribution is -0.384. The van der Waals surface area contributed by atoms with Crippen LogP contribution in [0.2, 0.25) is 0 Å². The van der Waals surface area contributed by atoms with Crippen molar-refractivity contribution in [3.05, 3.63) is 69.7 Å². The Balaban J connectivity index is 1.74. The molecular weight excluding hydrogens is 596 g/mol. The van der Waals surface area contributed by atoms with E-state index in [1.165, 1.54) is 12.1 Å². The predicted molar refractivity (Wildman–Crippen MR) is 122 cm³/mol. The van der Waals surface area contributed by atoms with Gasteiger partial charge in [0.15, 0.2) is 5.17 Å². The van der Waals surface area contributed by atoms with Gasteiger partial charge in [0.25, 0.3) is 11.6 Å². The van der Waals surface area contributed by atoms with Gasteiger partial charge in [0.1, 0.15) is 12.4 Å². The van der Waals surface area contributed by atoms with Crippen LogP contribution < -0.4 is 10.5 Å². The SMILES string of the molecule is NC1=NC(=O)C(=Cc2cc(I)c(OCc3ccc([N+](=O)[O-])cc3)c(I)c2)S1. The number of halogens is 2. The lowest BCUT2D eigenvalue weighted by atomic mass is 10.2. The second-order valence-corrected chi connectivity index (χ2v) is 8.78. The molecule has 1 heterocycles. The van der Waals surface area contributed by atoms with Crippen molar-refractivity contribution in [2.45, 2.75) is 6.61 Å². The van der Waals surface area contributed by atoms with Gasteiger partial charge in [0.2, 0.25) is 0 Å². The van der Waals surface area contributed by atoms with Gasteiger partial charge in [-0.15, -0.1) is 0 Å². The van der Waals surface area contributed by atoms with Crippen molar-refractivity contribution >= 4 is 79.8 Å². The summed E-state index contributed by atoms with van der Waals surface area (Å²) >= 11 is 5.49. The van der Waals surface area contributed by atoms with Gasteiger partial charge in [-0.25, -0.2) is 0 Å². The van der Waals surface area contributed by atoms with E-state index in [1.54, 1.807) is 18.2 Å². The number of amides is 1. The van der Waals surface area contributed by atoms with Gasteiger partial charge in [-0.2, -0.15) is 4.99 Å². The standard InChI is InChI=1S/C17H11I2N3O4S/c18-12-5-10(7-14-16(23)21-17(20)27-14)6-13(19)15(12)26-8-9-1-3-11(4-2-9)22(24)25/h1-7H,8H2,(H2,20,21,23). The molecule has 0 unspecified atom stereocenters. The first-order valence-corrected chi connectivity index (χ1v) is 10.4. The summed E-state index contributed by atoms with van der Waals surface area (Å²) in [6.45, 7) is 0.295. The first-order valence-electron chi connectivity index (χ1n) is 7.46. The number of hydrogen-bond donors (Lipinski definition) is 1. The Bertz CT molecular complexity index is 967. The number of benzene rings is 2. The summed E-state index contributed by atoms with van der Waals surface area (Å²) in [6.07, 6.45) is 1.75. The number of rotatable bonds is 5. The zero-order valence-electron chi connectivity index (χ0n) is 13.5. The van der Waals surface area contributed by atoms with E-state index in [0.717, 1.165) is 35.8 Å². The highest BCUT2D eigenvalue weighted by atomic mass is 127. The van der Waals surface area contributed by atoms with Crippen LogP contribution in [-0.2, 0) is 11.4 Å². The summed E-state index contributed by atoms with van der Waals surface area (Å²) in [5, 5.41) is 11.0. The van der Waals surface area contributed by atoms with Crippen LogP contribution in [0.15, 0.2) is 46.3 Å². The lowest BCUT2D eigenvalue weighted by Crippen LogP contribution is -2.01. The summed E-state index contributed by atoms with van der Waals surface area (Å²) in [5.41, 5.74) is 7.30. The Kier molecular flexibility index (Phi) is 6.37. The number of amidine groups is 1. The Morgan fingerprint density at radius 1 is 1.22 bits per heavy atom. The van der Waals surface area contributed by atoms with Crippen LogP contribution in [0.1, 0.15) is 11.1 Å². The smallest absolute Gasteiger partial charge is 0.286 e. The van der Waals surface area contributed by atoms with Crippen LogP contribution >= 0.6 is 56.9 Å². The average molecular weight is 607 g/mol. The van der Waals surface area contributed by atoms with Crippen LogP contribution in [0.4, 0.5) is 5.69 Å². The minimum atomic E-state index is -0.435. The summed E-state index contributed by atoms with van der Waals surface area (Å²) in [5.74, 6) is 0.388. The minimum Gasteiger partial charge on any atom is -0.487 e. The molecule has 0 bridgehead atoms. The molecule has 0 saturated heterocycles. The van der Waals surface area contributed by atoms with Crippen molar-refractivity contribution in [1.29, 1.82) is 0 Å². The first kappa shape index (κ1) is 20.1. The van der Waals surface area contributed by atoms with Crippen LogP contribution in [0, 0.1) is 17.3 Å². The van der Waals surface area contributed by atoms with E-state index in [0.29, 0.717) is 11.5 Å². The predicted octanol–water partition coefficient (Wildman–Crippen LogP) is 4.31. The maximum Gasteiger partial charge on any atom is 0.286 e. The van der Waals surface area contributed by atoms with Crippen LogP contribution in [-0.4, -0.2) is 16.0 Å². The van der Waals surface area contributed by atoms with Crippen molar-refractivity contribution in [3.63, 3.8) is 0 Å². The summed E-state index contributed by atoms with van der Waals surface area (Å²) in [7, 11) is 0. The fourth-order valence-corrected chi connectivity index (χ4v) is 5.06. The number of nitrogens with two attached hydrogens (primary N) is 1. The van der Waals surface area contributed by atoms with E-state index < -0.39 is 4.92 Å². The molecule has 0 radical (unpaired) electrons. The molecule has 2 aromatic carbocycles. The van der Waals surface area contributed by atoms with Crippen molar-refractivity contribution in [2.24, 2.45) is 10.7 Å². The van der Waals surface area contributed by atoms with Crippen LogP contribution in [0.25, 0.3) is 6.08 Å². The monoisotopic (exact) mass is 607 g/mol. The van der Waals surface area contributed by atoms with Crippen LogP contribution in [0.3, 0.4) is 0 Å². The largest absolute Gasteiger partial charge is 0.487 e. The van der Waals surface area contributed by atoms with E-state index in [1.807, 2.05) is 12.1 Å². The number of carbonyl (C=O) groups is 1. The number of carbonyl (C=O) groups excluding carboxylic acids is 1. The van der Waals surface area contributed by atoms with E-state index in [4.69, 9.17) is 10.5 Å². The van der Waals surface area contributed by atoms with Gasteiger partial charge in [0.05, 0.1) is 17.0 Å². The number of non-ortho nitro benzene ring substituents is 1. The first-order chi connectivity index (χ1) is 12.8. The lowest BCUT2D eigenvalue weighted by Gasteiger charge is -2.12. The Morgan fingerprint density at radius 2 is 1.85 bits per heavy atom. The Morgan fingerprint density at radius 3 is 2.37 bits per heavy atom. The molecule has 0 aliphatic carbocycles. The maximum absolute atomic E-state index is 11.7. The molecule has 0 spiro atoms. The number of aliphatic imine (C=N–C) groups is 1. The van der Waals surface area contributed by atoms with Crippen molar-refractivity contribution in [2.75, 3.05) is 0 Å². The summed E-state index contributed by atoms with van der Waals surface area (Å²) in [6, 6.07) is 10.1. The zero-order chi connectivity index (χ0) is 19.6. The Labute approximate surface area is 185 Å². The number of nitro benzene ring substituents is 1. The van der Waals surface area contributed by atoms with Crippen molar-refractivity contribution < 1.29 is 14.5 Å². The fraction of sp³-hybridized carbons (Fsp3) is 0.0588. The second-order valence-electron chi connectivity index (χ2n) is 5.39. The maximum atomic E-state index is 11.7. The third-order valence-electron chi connectivity index (χ3n) is 3.49. The molecule has 27 heavy (non-hydrogen) atoms. The van der Waals surface area contributed by atoms with E-state index in [2.05, 4.69) is 50.2 Å². The quantitative estimate of drug-likeness (QED) is 0.235. The molecule has 1 aliphatic rings.